The van der Waals surface area contributed by atoms with Crippen LogP contribution in [0.5, 0.6) is 0 Å². The minimum Gasteiger partial charge on any atom is -0.308 e. The maximum atomic E-state index is 12.7. The number of pyridine rings is 1. The number of anilines is 1. The van der Waals surface area contributed by atoms with Crippen LogP contribution in [-0.4, -0.2) is 17.4 Å². The van der Waals surface area contributed by atoms with E-state index in [-0.39, 0.29) is 5.91 Å². The van der Waals surface area contributed by atoms with Crippen molar-refractivity contribution in [2.75, 3.05) is 11.4 Å². The molecule has 0 saturated carbocycles. The van der Waals surface area contributed by atoms with Crippen LogP contribution in [0.2, 0.25) is 5.02 Å². The molecule has 2 aromatic rings. The summed E-state index contributed by atoms with van der Waals surface area (Å²) < 4.78 is 0. The molecule has 104 valence electrons. The van der Waals surface area contributed by atoms with Crippen molar-refractivity contribution in [1.29, 1.82) is 0 Å². The van der Waals surface area contributed by atoms with Crippen LogP contribution in [0.15, 0.2) is 36.5 Å². The van der Waals surface area contributed by atoms with Gasteiger partial charge in [0.2, 0.25) is 0 Å². The van der Waals surface area contributed by atoms with Gasteiger partial charge in [0.1, 0.15) is 0 Å². The Hall–Kier alpha value is -1.87. The van der Waals surface area contributed by atoms with Gasteiger partial charge in [-0.2, -0.15) is 0 Å². The molecule has 0 spiro atoms. The molecule has 4 heteroatoms. The van der Waals surface area contributed by atoms with Crippen LogP contribution in [0, 0.1) is 13.8 Å². The molecule has 1 heterocycles. The van der Waals surface area contributed by atoms with Crippen molar-refractivity contribution in [2.24, 2.45) is 0 Å². The Morgan fingerprint density at radius 1 is 1.30 bits per heavy atom. The lowest BCUT2D eigenvalue weighted by molar-refractivity contribution is 0.0988. The Balaban J connectivity index is 2.42. The first kappa shape index (κ1) is 14.5. The Morgan fingerprint density at radius 3 is 2.60 bits per heavy atom. The summed E-state index contributed by atoms with van der Waals surface area (Å²) in [4.78, 5) is 18.5. The van der Waals surface area contributed by atoms with Gasteiger partial charge in [-0.1, -0.05) is 29.8 Å². The molecule has 2 rings (SSSR count). The van der Waals surface area contributed by atoms with E-state index in [0.29, 0.717) is 17.1 Å². The molecule has 0 aliphatic heterocycles. The Labute approximate surface area is 124 Å². The number of benzene rings is 1. The zero-order valence-corrected chi connectivity index (χ0v) is 12.6. The number of carbonyl (C=O) groups excluding carboxylic acids is 1. The van der Waals surface area contributed by atoms with Crippen molar-refractivity contribution in [2.45, 2.75) is 20.8 Å². The molecular formula is C16H17ClN2O. The zero-order chi connectivity index (χ0) is 14.7. The van der Waals surface area contributed by atoms with Gasteiger partial charge < -0.3 is 4.90 Å². The minimum absolute atomic E-state index is 0.126. The van der Waals surface area contributed by atoms with E-state index in [9.17, 15) is 4.79 Å². The molecule has 0 atom stereocenters. The van der Waals surface area contributed by atoms with E-state index < -0.39 is 0 Å². The number of hydrogen-bond donors (Lipinski definition) is 0. The van der Waals surface area contributed by atoms with Gasteiger partial charge >= 0.3 is 0 Å². The number of carbonyl (C=O) groups is 1. The largest absolute Gasteiger partial charge is 0.308 e. The molecule has 1 amide bonds. The van der Waals surface area contributed by atoms with E-state index >= 15 is 0 Å². The summed E-state index contributed by atoms with van der Waals surface area (Å²) in [5.41, 5.74) is 3.18. The van der Waals surface area contributed by atoms with Crippen molar-refractivity contribution >= 4 is 23.2 Å². The molecule has 20 heavy (non-hydrogen) atoms. The average Bonchev–Trinajstić information content (AvgIpc) is 2.41. The monoisotopic (exact) mass is 288 g/mol. The summed E-state index contributed by atoms with van der Waals surface area (Å²) in [5.74, 6) is -0.126. The highest BCUT2D eigenvalue weighted by Gasteiger charge is 2.20. The van der Waals surface area contributed by atoms with Crippen molar-refractivity contribution in [3.05, 3.63) is 58.4 Å². The maximum absolute atomic E-state index is 12.7. The fourth-order valence-corrected chi connectivity index (χ4v) is 2.41. The van der Waals surface area contributed by atoms with Gasteiger partial charge in [-0.3, -0.25) is 9.78 Å². The van der Waals surface area contributed by atoms with E-state index in [1.54, 1.807) is 17.2 Å². The summed E-state index contributed by atoms with van der Waals surface area (Å²) in [5, 5.41) is 0.439. The second-order valence-corrected chi connectivity index (χ2v) is 5.05. The molecule has 0 N–H and O–H groups in total. The summed E-state index contributed by atoms with van der Waals surface area (Å²) in [7, 11) is 0. The predicted molar refractivity (Wildman–Crippen MR) is 82.5 cm³/mol. The first-order chi connectivity index (χ1) is 9.54. The molecule has 1 aromatic carbocycles. The van der Waals surface area contributed by atoms with Crippen LogP contribution in [0.1, 0.15) is 28.5 Å². The van der Waals surface area contributed by atoms with Gasteiger partial charge in [0.05, 0.1) is 10.6 Å². The van der Waals surface area contributed by atoms with Crippen LogP contribution < -0.4 is 4.90 Å². The molecule has 0 fully saturated rings. The highest BCUT2D eigenvalue weighted by molar-refractivity contribution is 6.34. The van der Waals surface area contributed by atoms with Gasteiger partial charge in [0.25, 0.3) is 5.91 Å². The second-order valence-electron chi connectivity index (χ2n) is 4.64. The zero-order valence-electron chi connectivity index (χ0n) is 11.9. The van der Waals surface area contributed by atoms with E-state index in [1.807, 2.05) is 45.0 Å². The lowest BCUT2D eigenvalue weighted by Gasteiger charge is -2.23. The number of amides is 1. The summed E-state index contributed by atoms with van der Waals surface area (Å²) in [6.45, 7) is 6.35. The summed E-state index contributed by atoms with van der Waals surface area (Å²) >= 11 is 6.17. The van der Waals surface area contributed by atoms with Crippen LogP contribution in [0.4, 0.5) is 5.69 Å². The number of aryl methyl sites for hydroxylation is 2. The van der Waals surface area contributed by atoms with E-state index in [0.717, 1.165) is 16.9 Å². The highest BCUT2D eigenvalue weighted by atomic mass is 35.5. The average molecular weight is 289 g/mol. The number of halogens is 1. The lowest BCUT2D eigenvalue weighted by Crippen LogP contribution is -2.31. The molecule has 1 aromatic heterocycles. The third kappa shape index (κ3) is 2.83. The second kappa shape index (κ2) is 6.06. The number of nitrogens with zero attached hydrogens (tertiary/aromatic N) is 2. The van der Waals surface area contributed by atoms with Crippen molar-refractivity contribution < 1.29 is 4.79 Å². The lowest BCUT2D eigenvalue weighted by atomic mass is 10.1. The predicted octanol–water partition coefficient (Wildman–Crippen LogP) is 4.02. The van der Waals surface area contributed by atoms with Gasteiger partial charge in [0, 0.05) is 24.1 Å². The molecule has 3 nitrogen and oxygen atoms in total. The smallest absolute Gasteiger partial charge is 0.261 e. The fraction of sp³-hybridized carbons (Fsp3) is 0.250. The van der Waals surface area contributed by atoms with Gasteiger partial charge in [0.15, 0.2) is 0 Å². The van der Waals surface area contributed by atoms with E-state index in [4.69, 9.17) is 11.6 Å². The summed E-state index contributed by atoms with van der Waals surface area (Å²) in [6.07, 6.45) is 1.54. The Bertz CT molecular complexity index is 640. The van der Waals surface area contributed by atoms with Gasteiger partial charge in [-0.25, -0.2) is 0 Å². The van der Waals surface area contributed by atoms with Crippen molar-refractivity contribution in [3.63, 3.8) is 0 Å². The van der Waals surface area contributed by atoms with Gasteiger partial charge in [-0.15, -0.1) is 0 Å². The Kier molecular flexibility index (Phi) is 4.40. The quantitative estimate of drug-likeness (QED) is 0.855. The SMILES string of the molecule is CCN(C(=O)c1cnc(C)cc1Cl)c1ccccc1C. The minimum atomic E-state index is -0.126. The number of para-hydroxylation sites is 1. The first-order valence-electron chi connectivity index (χ1n) is 6.54. The van der Waals surface area contributed by atoms with Crippen LogP contribution >= 0.6 is 11.6 Å². The van der Waals surface area contributed by atoms with Gasteiger partial charge in [-0.05, 0) is 38.5 Å². The normalized spacial score (nSPS) is 10.4. The van der Waals surface area contributed by atoms with Crippen molar-refractivity contribution in [3.8, 4) is 0 Å². The van der Waals surface area contributed by atoms with E-state index in [2.05, 4.69) is 4.98 Å². The topological polar surface area (TPSA) is 33.2 Å². The third-order valence-electron chi connectivity index (χ3n) is 3.19. The molecule has 0 radical (unpaired) electrons. The van der Waals surface area contributed by atoms with Crippen LogP contribution in [0.3, 0.4) is 0 Å². The standard InChI is InChI=1S/C16H17ClN2O/c1-4-19(15-8-6-5-7-11(15)2)16(20)13-10-18-12(3)9-14(13)17/h5-10H,4H2,1-3H3. The maximum Gasteiger partial charge on any atom is 0.261 e. The third-order valence-corrected chi connectivity index (χ3v) is 3.50. The number of rotatable bonds is 3. The molecule has 0 bridgehead atoms. The number of aromatic nitrogens is 1. The van der Waals surface area contributed by atoms with Crippen molar-refractivity contribution in [1.82, 2.24) is 4.98 Å². The molecule has 0 aliphatic rings. The molecule has 0 aliphatic carbocycles. The molecule has 0 saturated heterocycles. The highest BCUT2D eigenvalue weighted by Crippen LogP contribution is 2.24. The Morgan fingerprint density at radius 2 is 2.00 bits per heavy atom. The van der Waals surface area contributed by atoms with Crippen LogP contribution in [-0.2, 0) is 0 Å². The molecular weight excluding hydrogens is 272 g/mol. The van der Waals surface area contributed by atoms with E-state index in [1.165, 1.54) is 0 Å². The molecule has 0 unspecified atom stereocenters. The first-order valence-corrected chi connectivity index (χ1v) is 6.92. The fourth-order valence-electron chi connectivity index (χ4n) is 2.12. The number of hydrogen-bond acceptors (Lipinski definition) is 2. The summed E-state index contributed by atoms with van der Waals surface area (Å²) in [6, 6.07) is 9.51. The van der Waals surface area contributed by atoms with Crippen LogP contribution in [0.25, 0.3) is 0 Å².